The van der Waals surface area contributed by atoms with Crippen molar-refractivity contribution in [3.05, 3.63) is 36.0 Å². The van der Waals surface area contributed by atoms with Crippen LogP contribution in [0.1, 0.15) is 39.2 Å². The number of fused-ring (bicyclic) bond motifs is 1. The smallest absolute Gasteiger partial charge is 0.416 e. The number of aromatic nitrogens is 1. The molecule has 146 valence electrons. The van der Waals surface area contributed by atoms with Gasteiger partial charge in [-0.25, -0.2) is 4.79 Å². The van der Waals surface area contributed by atoms with Crippen molar-refractivity contribution in [2.24, 2.45) is 5.92 Å². The zero-order valence-corrected chi connectivity index (χ0v) is 16.7. The summed E-state index contributed by atoms with van der Waals surface area (Å²) in [4.78, 5) is 35.2. The Kier molecular flexibility index (Phi) is 7.47. The molecule has 1 aromatic carbocycles. The molecule has 0 bridgehead atoms. The number of benzene rings is 1. The van der Waals surface area contributed by atoms with Crippen molar-refractivity contribution in [2.75, 3.05) is 5.75 Å². The molecule has 1 amide bonds. The SMILES string of the molecule is CCCC(CSC(C)=O)C(=O)N[C@H](C)Cc1cn(C(=O)O)c2ccccc12. The number of carbonyl (C=O) groups is 3. The van der Waals surface area contributed by atoms with Crippen molar-refractivity contribution in [3.63, 3.8) is 0 Å². The van der Waals surface area contributed by atoms with Crippen LogP contribution in [0.4, 0.5) is 4.79 Å². The van der Waals surface area contributed by atoms with E-state index >= 15 is 0 Å². The number of nitrogens with one attached hydrogen (secondary N) is 1. The first kappa shape index (κ1) is 21.0. The van der Waals surface area contributed by atoms with Crippen molar-refractivity contribution in [1.82, 2.24) is 9.88 Å². The number of para-hydroxylation sites is 1. The van der Waals surface area contributed by atoms with E-state index in [0.717, 1.165) is 23.8 Å². The zero-order valence-electron chi connectivity index (χ0n) is 15.9. The van der Waals surface area contributed by atoms with Crippen LogP contribution >= 0.6 is 11.8 Å². The Morgan fingerprint density at radius 1 is 1.26 bits per heavy atom. The monoisotopic (exact) mass is 390 g/mol. The summed E-state index contributed by atoms with van der Waals surface area (Å²) >= 11 is 1.18. The molecule has 1 heterocycles. The molecular weight excluding hydrogens is 364 g/mol. The van der Waals surface area contributed by atoms with Gasteiger partial charge in [0.25, 0.3) is 0 Å². The van der Waals surface area contributed by atoms with Crippen LogP contribution in [0.25, 0.3) is 10.9 Å². The maximum absolute atomic E-state index is 12.6. The summed E-state index contributed by atoms with van der Waals surface area (Å²) in [6, 6.07) is 7.19. The lowest BCUT2D eigenvalue weighted by Gasteiger charge is -2.19. The van der Waals surface area contributed by atoms with E-state index in [-0.39, 0.29) is 23.0 Å². The highest BCUT2D eigenvalue weighted by atomic mass is 32.2. The Hall–Kier alpha value is -2.28. The molecule has 0 fully saturated rings. The van der Waals surface area contributed by atoms with Crippen LogP contribution in [0, 0.1) is 5.92 Å². The summed E-state index contributed by atoms with van der Waals surface area (Å²) in [5.74, 6) is 0.229. The fourth-order valence-corrected chi connectivity index (χ4v) is 3.92. The topological polar surface area (TPSA) is 88.4 Å². The Morgan fingerprint density at radius 3 is 2.59 bits per heavy atom. The molecule has 0 saturated heterocycles. The molecule has 2 rings (SSSR count). The van der Waals surface area contributed by atoms with Gasteiger partial charge in [0.15, 0.2) is 5.12 Å². The summed E-state index contributed by atoms with van der Waals surface area (Å²) in [6.07, 6.45) is 2.72. The number of carboxylic acid groups (broad SMARTS) is 1. The lowest BCUT2D eigenvalue weighted by Crippen LogP contribution is -2.39. The largest absolute Gasteiger partial charge is 0.464 e. The van der Waals surface area contributed by atoms with E-state index < -0.39 is 6.09 Å². The van der Waals surface area contributed by atoms with Gasteiger partial charge in [-0.3, -0.25) is 14.2 Å². The van der Waals surface area contributed by atoms with Crippen molar-refractivity contribution >= 4 is 39.8 Å². The lowest BCUT2D eigenvalue weighted by atomic mass is 10.0. The van der Waals surface area contributed by atoms with Crippen LogP contribution in [0.2, 0.25) is 0 Å². The van der Waals surface area contributed by atoms with Gasteiger partial charge in [0, 0.05) is 36.2 Å². The number of carbonyl (C=O) groups excluding carboxylic acids is 2. The first-order valence-corrected chi connectivity index (χ1v) is 10.1. The van der Waals surface area contributed by atoms with E-state index in [0.29, 0.717) is 17.7 Å². The third kappa shape index (κ3) is 5.60. The van der Waals surface area contributed by atoms with Crippen LogP contribution in [0.15, 0.2) is 30.5 Å². The van der Waals surface area contributed by atoms with Gasteiger partial charge in [-0.05, 0) is 31.4 Å². The summed E-state index contributed by atoms with van der Waals surface area (Å²) in [6.45, 7) is 5.43. The van der Waals surface area contributed by atoms with Gasteiger partial charge < -0.3 is 10.4 Å². The average Bonchev–Trinajstić information content (AvgIpc) is 2.97. The molecule has 2 atom stereocenters. The number of hydrogen-bond acceptors (Lipinski definition) is 4. The maximum Gasteiger partial charge on any atom is 0.416 e. The Balaban J connectivity index is 2.09. The molecule has 0 spiro atoms. The average molecular weight is 391 g/mol. The number of amides is 1. The van der Waals surface area contributed by atoms with Gasteiger partial charge in [0.1, 0.15) is 0 Å². The second-order valence-corrected chi connectivity index (χ2v) is 7.92. The molecule has 0 aliphatic heterocycles. The number of hydrogen-bond donors (Lipinski definition) is 2. The summed E-state index contributed by atoms with van der Waals surface area (Å²) < 4.78 is 1.21. The molecule has 2 aromatic rings. The standard InChI is InChI=1S/C20H26N2O4S/c1-4-7-15(12-27-14(3)23)19(24)21-13(2)10-16-11-22(20(25)26)18-9-6-5-8-17(16)18/h5-6,8-9,11,13,15H,4,7,10,12H2,1-3H3,(H,21,24)(H,25,26)/t13-,15?/m1/s1. The summed E-state index contributed by atoms with van der Waals surface area (Å²) in [5, 5.41) is 13.3. The predicted molar refractivity (Wildman–Crippen MR) is 108 cm³/mol. The molecule has 1 aromatic heterocycles. The second kappa shape index (κ2) is 9.60. The van der Waals surface area contributed by atoms with Gasteiger partial charge in [0.05, 0.1) is 5.52 Å². The molecule has 27 heavy (non-hydrogen) atoms. The minimum Gasteiger partial charge on any atom is -0.464 e. The molecule has 1 unspecified atom stereocenters. The molecule has 0 aliphatic rings. The van der Waals surface area contributed by atoms with E-state index in [2.05, 4.69) is 5.32 Å². The van der Waals surface area contributed by atoms with Gasteiger partial charge in [-0.2, -0.15) is 0 Å². The lowest BCUT2D eigenvalue weighted by molar-refractivity contribution is -0.125. The van der Waals surface area contributed by atoms with Crippen LogP contribution in [-0.2, 0) is 16.0 Å². The first-order chi connectivity index (χ1) is 12.8. The van der Waals surface area contributed by atoms with Crippen molar-refractivity contribution < 1.29 is 19.5 Å². The molecule has 7 heteroatoms. The minimum absolute atomic E-state index is 0.0124. The Morgan fingerprint density at radius 2 is 1.96 bits per heavy atom. The van der Waals surface area contributed by atoms with Gasteiger partial charge in [0.2, 0.25) is 5.91 Å². The molecular formula is C20H26N2O4S. The highest BCUT2D eigenvalue weighted by molar-refractivity contribution is 8.13. The third-order valence-electron chi connectivity index (χ3n) is 4.41. The molecule has 0 radical (unpaired) electrons. The van der Waals surface area contributed by atoms with E-state index in [9.17, 15) is 19.5 Å². The highest BCUT2D eigenvalue weighted by Crippen LogP contribution is 2.23. The second-order valence-electron chi connectivity index (χ2n) is 6.73. The fourth-order valence-electron chi connectivity index (χ4n) is 3.17. The summed E-state index contributed by atoms with van der Waals surface area (Å²) in [7, 11) is 0. The zero-order chi connectivity index (χ0) is 20.0. The predicted octanol–water partition coefficient (Wildman–Crippen LogP) is 3.91. The number of thioether (sulfide) groups is 1. The maximum atomic E-state index is 12.6. The van der Waals surface area contributed by atoms with E-state index in [1.807, 2.05) is 26.0 Å². The quantitative estimate of drug-likeness (QED) is 0.713. The van der Waals surface area contributed by atoms with Gasteiger partial charge in [-0.1, -0.05) is 43.3 Å². The molecule has 2 N–H and O–H groups in total. The summed E-state index contributed by atoms with van der Waals surface area (Å²) in [5.41, 5.74) is 1.52. The van der Waals surface area contributed by atoms with E-state index in [1.165, 1.54) is 23.3 Å². The number of rotatable bonds is 8. The van der Waals surface area contributed by atoms with Crippen LogP contribution in [0.5, 0.6) is 0 Å². The first-order valence-electron chi connectivity index (χ1n) is 9.09. The van der Waals surface area contributed by atoms with Crippen LogP contribution < -0.4 is 5.32 Å². The number of nitrogens with zero attached hydrogens (tertiary/aromatic N) is 1. The van der Waals surface area contributed by atoms with E-state index in [4.69, 9.17) is 0 Å². The normalized spacial score (nSPS) is 13.3. The molecule has 0 saturated carbocycles. The third-order valence-corrected chi connectivity index (χ3v) is 5.39. The minimum atomic E-state index is -1.03. The molecule has 6 nitrogen and oxygen atoms in total. The van der Waals surface area contributed by atoms with E-state index in [1.54, 1.807) is 18.3 Å². The van der Waals surface area contributed by atoms with Crippen molar-refractivity contribution in [2.45, 2.75) is 46.1 Å². The fraction of sp³-hybridized carbons (Fsp3) is 0.450. The Labute approximate surface area is 163 Å². The van der Waals surface area contributed by atoms with Gasteiger partial charge in [-0.15, -0.1) is 0 Å². The Bertz CT molecular complexity index is 830. The van der Waals surface area contributed by atoms with Crippen molar-refractivity contribution in [3.8, 4) is 0 Å². The van der Waals surface area contributed by atoms with Crippen molar-refractivity contribution in [1.29, 1.82) is 0 Å². The van der Waals surface area contributed by atoms with Crippen LogP contribution in [-0.4, -0.2) is 38.6 Å². The van der Waals surface area contributed by atoms with Crippen LogP contribution in [0.3, 0.4) is 0 Å². The molecule has 0 aliphatic carbocycles. The van der Waals surface area contributed by atoms with Gasteiger partial charge >= 0.3 is 6.09 Å². The highest BCUT2D eigenvalue weighted by Gasteiger charge is 2.21.